The van der Waals surface area contributed by atoms with Gasteiger partial charge in [-0.2, -0.15) is 5.10 Å². The summed E-state index contributed by atoms with van der Waals surface area (Å²) in [5.41, 5.74) is 0.739. The highest BCUT2D eigenvalue weighted by Crippen LogP contribution is 2.34. The molecule has 0 fully saturated rings. The zero-order valence-electron chi connectivity index (χ0n) is 10.1. The molecule has 0 aliphatic rings. The van der Waals surface area contributed by atoms with Gasteiger partial charge in [-0.25, -0.2) is 4.68 Å². The maximum atomic E-state index is 6.15. The topological polar surface area (TPSA) is 56.2 Å². The zero-order chi connectivity index (χ0) is 13.9. The molecule has 0 spiro atoms. The molecule has 0 saturated heterocycles. The summed E-state index contributed by atoms with van der Waals surface area (Å²) in [6.45, 7) is 0. The number of furan rings is 1. The molecule has 20 heavy (non-hydrogen) atoms. The Kier molecular flexibility index (Phi) is 3.54. The fourth-order valence-corrected chi connectivity index (χ4v) is 2.03. The quantitative estimate of drug-likeness (QED) is 0.693. The molecule has 5 nitrogen and oxygen atoms in total. The molecule has 0 atom stereocenters. The highest BCUT2D eigenvalue weighted by molar-refractivity contribution is 6.43. The second-order valence-electron chi connectivity index (χ2n) is 3.89. The van der Waals surface area contributed by atoms with E-state index >= 15 is 0 Å². The van der Waals surface area contributed by atoms with Crippen molar-refractivity contribution in [3.8, 4) is 11.3 Å². The third-order valence-electron chi connectivity index (χ3n) is 2.57. The van der Waals surface area contributed by atoms with Gasteiger partial charge in [0.15, 0.2) is 0 Å². The second-order valence-corrected chi connectivity index (χ2v) is 4.68. The minimum absolute atomic E-state index is 0.464. The minimum Gasteiger partial charge on any atom is -0.455 e. The molecule has 3 aromatic rings. The summed E-state index contributed by atoms with van der Waals surface area (Å²) in [6.07, 6.45) is 4.52. The van der Waals surface area contributed by atoms with Crippen LogP contribution in [-0.2, 0) is 0 Å². The first-order valence-corrected chi connectivity index (χ1v) is 6.43. The van der Waals surface area contributed by atoms with Crippen molar-refractivity contribution >= 4 is 29.4 Å². The van der Waals surface area contributed by atoms with Gasteiger partial charge in [0.25, 0.3) is 0 Å². The highest BCUT2D eigenvalue weighted by atomic mass is 35.5. The van der Waals surface area contributed by atoms with Gasteiger partial charge in [0.05, 0.1) is 16.3 Å². The van der Waals surface area contributed by atoms with E-state index in [2.05, 4.69) is 15.3 Å². The van der Waals surface area contributed by atoms with Gasteiger partial charge in [-0.1, -0.05) is 29.3 Å². The molecule has 0 aliphatic heterocycles. The van der Waals surface area contributed by atoms with Crippen molar-refractivity contribution in [2.24, 2.45) is 5.10 Å². The second kappa shape index (κ2) is 5.48. The Morgan fingerprint density at radius 3 is 2.70 bits per heavy atom. The van der Waals surface area contributed by atoms with Gasteiger partial charge >= 0.3 is 0 Å². The van der Waals surface area contributed by atoms with Gasteiger partial charge in [0, 0.05) is 5.56 Å². The number of hydrogen-bond donors (Lipinski definition) is 0. The van der Waals surface area contributed by atoms with E-state index in [0.29, 0.717) is 21.6 Å². The Morgan fingerprint density at radius 1 is 1.10 bits per heavy atom. The first-order chi connectivity index (χ1) is 9.74. The minimum atomic E-state index is 0.464. The van der Waals surface area contributed by atoms with Crippen LogP contribution in [0.2, 0.25) is 10.0 Å². The van der Waals surface area contributed by atoms with E-state index in [1.807, 2.05) is 18.2 Å². The lowest BCUT2D eigenvalue weighted by Crippen LogP contribution is -1.85. The smallest absolute Gasteiger partial charge is 0.147 e. The van der Waals surface area contributed by atoms with Crippen LogP contribution in [0.15, 0.2) is 52.5 Å². The van der Waals surface area contributed by atoms with E-state index in [0.717, 1.165) is 5.56 Å². The number of halogens is 2. The lowest BCUT2D eigenvalue weighted by molar-refractivity contribution is 0.574. The van der Waals surface area contributed by atoms with E-state index in [1.165, 1.54) is 17.3 Å². The van der Waals surface area contributed by atoms with Gasteiger partial charge in [-0.05, 0) is 24.3 Å². The molecule has 0 amide bonds. The molecule has 0 aliphatic carbocycles. The molecular weight excluding hydrogens is 299 g/mol. The largest absolute Gasteiger partial charge is 0.455 e. The monoisotopic (exact) mass is 306 g/mol. The van der Waals surface area contributed by atoms with Crippen LogP contribution < -0.4 is 0 Å². The van der Waals surface area contributed by atoms with Crippen LogP contribution in [0.3, 0.4) is 0 Å². The fraction of sp³-hybridized carbons (Fsp3) is 0. The van der Waals surface area contributed by atoms with Gasteiger partial charge in [0.1, 0.15) is 24.2 Å². The SMILES string of the molecule is Clc1cccc(-c2ccc(/C=N\n3cnnc3)o2)c1Cl. The number of aromatic nitrogens is 3. The standard InChI is InChI=1S/C13H8Cl2N4O/c14-11-3-1-2-10(13(11)15)12-5-4-9(20-12)6-18-19-7-16-17-8-19/h1-8H/b18-6-. The fourth-order valence-electron chi connectivity index (χ4n) is 1.64. The van der Waals surface area contributed by atoms with Crippen molar-refractivity contribution in [2.45, 2.75) is 0 Å². The number of nitrogens with zero attached hydrogens (tertiary/aromatic N) is 4. The van der Waals surface area contributed by atoms with Gasteiger partial charge in [0.2, 0.25) is 0 Å². The van der Waals surface area contributed by atoms with Crippen LogP contribution in [0.4, 0.5) is 0 Å². The van der Waals surface area contributed by atoms with Gasteiger partial charge < -0.3 is 4.42 Å². The van der Waals surface area contributed by atoms with E-state index in [1.54, 1.807) is 18.3 Å². The maximum absolute atomic E-state index is 6.15. The van der Waals surface area contributed by atoms with E-state index in [-0.39, 0.29) is 0 Å². The van der Waals surface area contributed by atoms with Crippen molar-refractivity contribution in [3.63, 3.8) is 0 Å². The summed E-state index contributed by atoms with van der Waals surface area (Å²) in [4.78, 5) is 0. The van der Waals surface area contributed by atoms with Crippen molar-refractivity contribution in [1.82, 2.24) is 14.9 Å². The van der Waals surface area contributed by atoms with Gasteiger partial charge in [-0.3, -0.25) is 0 Å². The zero-order valence-corrected chi connectivity index (χ0v) is 11.6. The van der Waals surface area contributed by atoms with Crippen LogP contribution in [0, 0.1) is 0 Å². The Morgan fingerprint density at radius 2 is 1.90 bits per heavy atom. The summed E-state index contributed by atoms with van der Waals surface area (Å²) in [5.74, 6) is 1.22. The highest BCUT2D eigenvalue weighted by Gasteiger charge is 2.10. The summed E-state index contributed by atoms with van der Waals surface area (Å²) in [6, 6.07) is 8.99. The summed E-state index contributed by atoms with van der Waals surface area (Å²) >= 11 is 12.1. The lowest BCUT2D eigenvalue weighted by Gasteiger charge is -2.01. The molecule has 0 unspecified atom stereocenters. The summed E-state index contributed by atoms with van der Waals surface area (Å²) in [7, 11) is 0. The third-order valence-corrected chi connectivity index (χ3v) is 3.39. The molecule has 0 saturated carbocycles. The predicted octanol–water partition coefficient (Wildman–Crippen LogP) is 3.73. The Hall–Kier alpha value is -2.11. The lowest BCUT2D eigenvalue weighted by atomic mass is 10.2. The van der Waals surface area contributed by atoms with Crippen LogP contribution in [0.25, 0.3) is 11.3 Å². The summed E-state index contributed by atoms with van der Waals surface area (Å²) < 4.78 is 7.12. The Balaban J connectivity index is 1.89. The molecule has 3 rings (SSSR count). The van der Waals surface area contributed by atoms with Crippen molar-refractivity contribution in [3.05, 3.63) is 58.8 Å². The molecule has 0 N–H and O–H groups in total. The molecule has 0 bridgehead atoms. The van der Waals surface area contributed by atoms with Crippen LogP contribution >= 0.6 is 23.2 Å². The third kappa shape index (κ3) is 2.59. The maximum Gasteiger partial charge on any atom is 0.147 e. The normalized spacial score (nSPS) is 11.3. The Bertz CT molecular complexity index is 750. The van der Waals surface area contributed by atoms with E-state index < -0.39 is 0 Å². The van der Waals surface area contributed by atoms with Gasteiger partial charge in [-0.15, -0.1) is 10.2 Å². The molecule has 100 valence electrons. The van der Waals surface area contributed by atoms with Crippen LogP contribution in [0.1, 0.15) is 5.76 Å². The number of hydrogen-bond acceptors (Lipinski definition) is 4. The van der Waals surface area contributed by atoms with Crippen LogP contribution in [0.5, 0.6) is 0 Å². The predicted molar refractivity (Wildman–Crippen MR) is 77.2 cm³/mol. The molecule has 2 aromatic heterocycles. The van der Waals surface area contributed by atoms with Crippen LogP contribution in [-0.4, -0.2) is 21.1 Å². The van der Waals surface area contributed by atoms with Crippen molar-refractivity contribution in [1.29, 1.82) is 0 Å². The average molecular weight is 307 g/mol. The molecule has 2 heterocycles. The molecule has 7 heteroatoms. The molecule has 0 radical (unpaired) electrons. The number of benzene rings is 1. The Labute approximate surface area is 124 Å². The van der Waals surface area contributed by atoms with E-state index in [9.17, 15) is 0 Å². The average Bonchev–Trinajstić information content (AvgIpc) is 3.10. The van der Waals surface area contributed by atoms with E-state index in [4.69, 9.17) is 27.6 Å². The number of rotatable bonds is 3. The molecular formula is C13H8Cl2N4O. The molecule has 1 aromatic carbocycles. The van der Waals surface area contributed by atoms with Crippen molar-refractivity contribution < 1.29 is 4.42 Å². The van der Waals surface area contributed by atoms with Crippen molar-refractivity contribution in [2.75, 3.05) is 0 Å². The first-order valence-electron chi connectivity index (χ1n) is 5.67. The first kappa shape index (κ1) is 12.9. The summed E-state index contributed by atoms with van der Waals surface area (Å²) in [5, 5.41) is 12.3.